The second-order valence-electron chi connectivity index (χ2n) is 4.32. The number of halogens is 2. The molecule has 6 heteroatoms. The zero-order chi connectivity index (χ0) is 14.4. The first kappa shape index (κ1) is 15.4. The predicted molar refractivity (Wildman–Crippen MR) is 83.9 cm³/mol. The van der Waals surface area contributed by atoms with E-state index in [2.05, 4.69) is 26.3 Å². The molecule has 2 rings (SSSR count). The molecule has 1 atom stereocenters. The zero-order valence-corrected chi connectivity index (χ0v) is 13.1. The molecule has 0 amide bonds. The van der Waals surface area contributed by atoms with Crippen LogP contribution in [-0.2, 0) is 6.42 Å². The molecule has 3 nitrogen and oxygen atoms in total. The average Bonchev–Trinajstić information content (AvgIpc) is 2.45. The Labute approximate surface area is 130 Å². The van der Waals surface area contributed by atoms with Gasteiger partial charge in [-0.05, 0) is 46.1 Å². The standard InChI is InChI=1S/C14H15BrFN3S/c15-11-5-10(7-18-8-11)6-12(19-17)9-20-14-4-2-1-3-13(14)16/h1-5,7-8,12,19H,6,9,17H2. The van der Waals surface area contributed by atoms with Crippen molar-refractivity contribution in [2.75, 3.05) is 5.75 Å². The van der Waals surface area contributed by atoms with E-state index in [0.717, 1.165) is 16.5 Å². The molecule has 2 aromatic rings. The van der Waals surface area contributed by atoms with Crippen LogP contribution >= 0.6 is 27.7 Å². The van der Waals surface area contributed by atoms with Gasteiger partial charge in [0.25, 0.3) is 0 Å². The molecule has 3 N–H and O–H groups in total. The van der Waals surface area contributed by atoms with Crippen LogP contribution in [0.5, 0.6) is 0 Å². The van der Waals surface area contributed by atoms with E-state index >= 15 is 0 Å². The highest BCUT2D eigenvalue weighted by Crippen LogP contribution is 2.22. The highest BCUT2D eigenvalue weighted by Gasteiger charge is 2.10. The molecule has 0 aliphatic heterocycles. The predicted octanol–water partition coefficient (Wildman–Crippen LogP) is 3.15. The summed E-state index contributed by atoms with van der Waals surface area (Å²) >= 11 is 4.84. The molecule has 0 spiro atoms. The van der Waals surface area contributed by atoms with Gasteiger partial charge < -0.3 is 0 Å². The molecule has 20 heavy (non-hydrogen) atoms. The van der Waals surface area contributed by atoms with E-state index in [-0.39, 0.29) is 11.9 Å². The van der Waals surface area contributed by atoms with Crippen molar-refractivity contribution >= 4 is 27.7 Å². The molecular formula is C14H15BrFN3S. The van der Waals surface area contributed by atoms with E-state index in [1.54, 1.807) is 18.3 Å². The summed E-state index contributed by atoms with van der Waals surface area (Å²) in [6.45, 7) is 0. The van der Waals surface area contributed by atoms with Crippen LogP contribution in [0.2, 0.25) is 0 Å². The van der Waals surface area contributed by atoms with Crippen LogP contribution in [-0.4, -0.2) is 16.8 Å². The number of nitrogens with two attached hydrogens (primary N) is 1. The number of aromatic nitrogens is 1. The van der Waals surface area contributed by atoms with E-state index < -0.39 is 0 Å². The molecule has 0 saturated carbocycles. The van der Waals surface area contributed by atoms with Crippen LogP contribution in [0, 0.1) is 5.82 Å². The van der Waals surface area contributed by atoms with Crippen molar-refractivity contribution in [2.24, 2.45) is 5.84 Å². The fraction of sp³-hybridized carbons (Fsp3) is 0.214. The first-order valence-corrected chi connectivity index (χ1v) is 7.90. The van der Waals surface area contributed by atoms with Crippen molar-refractivity contribution in [1.29, 1.82) is 0 Å². The molecule has 1 unspecified atom stereocenters. The monoisotopic (exact) mass is 355 g/mol. The van der Waals surface area contributed by atoms with E-state index in [1.807, 2.05) is 18.3 Å². The Morgan fingerprint density at radius 1 is 1.35 bits per heavy atom. The van der Waals surface area contributed by atoms with Crippen molar-refractivity contribution < 1.29 is 4.39 Å². The largest absolute Gasteiger partial charge is 0.271 e. The summed E-state index contributed by atoms with van der Waals surface area (Å²) in [5.41, 5.74) is 3.85. The van der Waals surface area contributed by atoms with Gasteiger partial charge in [-0.1, -0.05) is 12.1 Å². The van der Waals surface area contributed by atoms with Gasteiger partial charge in [-0.2, -0.15) is 0 Å². The lowest BCUT2D eigenvalue weighted by atomic mass is 10.1. The minimum absolute atomic E-state index is 0.0516. The van der Waals surface area contributed by atoms with Crippen LogP contribution in [0.25, 0.3) is 0 Å². The zero-order valence-electron chi connectivity index (χ0n) is 10.7. The van der Waals surface area contributed by atoms with Crippen LogP contribution < -0.4 is 11.3 Å². The van der Waals surface area contributed by atoms with Gasteiger partial charge in [0.15, 0.2) is 0 Å². The number of hydrogen-bond acceptors (Lipinski definition) is 4. The first-order valence-electron chi connectivity index (χ1n) is 6.12. The summed E-state index contributed by atoms with van der Waals surface area (Å²) in [4.78, 5) is 4.76. The fourth-order valence-corrected chi connectivity index (χ4v) is 3.16. The minimum Gasteiger partial charge on any atom is -0.271 e. The van der Waals surface area contributed by atoms with Crippen LogP contribution in [0.15, 0.2) is 52.1 Å². The summed E-state index contributed by atoms with van der Waals surface area (Å²) < 4.78 is 14.5. The van der Waals surface area contributed by atoms with Gasteiger partial charge in [0.05, 0.1) is 0 Å². The summed E-state index contributed by atoms with van der Waals surface area (Å²) in [5, 5.41) is 0. The summed E-state index contributed by atoms with van der Waals surface area (Å²) in [6, 6.07) is 8.81. The van der Waals surface area contributed by atoms with Crippen LogP contribution in [0.4, 0.5) is 4.39 Å². The molecule has 0 saturated heterocycles. The van der Waals surface area contributed by atoms with Gasteiger partial charge in [0.2, 0.25) is 0 Å². The maximum Gasteiger partial charge on any atom is 0.136 e. The lowest BCUT2D eigenvalue weighted by Gasteiger charge is -2.15. The Hall–Kier alpha value is -0.950. The van der Waals surface area contributed by atoms with Crippen molar-refractivity contribution in [2.45, 2.75) is 17.4 Å². The molecule has 0 fully saturated rings. The van der Waals surface area contributed by atoms with E-state index in [9.17, 15) is 4.39 Å². The van der Waals surface area contributed by atoms with Crippen molar-refractivity contribution in [3.8, 4) is 0 Å². The highest BCUT2D eigenvalue weighted by atomic mass is 79.9. The lowest BCUT2D eigenvalue weighted by molar-refractivity contribution is 0.572. The van der Waals surface area contributed by atoms with Crippen LogP contribution in [0.3, 0.4) is 0 Å². The maximum atomic E-state index is 13.5. The Balaban J connectivity index is 1.94. The van der Waals surface area contributed by atoms with Crippen molar-refractivity contribution in [1.82, 2.24) is 10.4 Å². The molecule has 0 radical (unpaired) electrons. The first-order chi connectivity index (χ1) is 9.69. The minimum atomic E-state index is -0.197. The number of nitrogens with one attached hydrogen (secondary N) is 1. The summed E-state index contributed by atoms with van der Waals surface area (Å²) in [6.07, 6.45) is 4.29. The Bertz CT molecular complexity index is 568. The van der Waals surface area contributed by atoms with Gasteiger partial charge in [-0.15, -0.1) is 11.8 Å². The quantitative estimate of drug-likeness (QED) is 0.474. The number of benzene rings is 1. The Morgan fingerprint density at radius 3 is 2.85 bits per heavy atom. The lowest BCUT2D eigenvalue weighted by Crippen LogP contribution is -2.38. The van der Waals surface area contributed by atoms with Crippen molar-refractivity contribution in [3.63, 3.8) is 0 Å². The number of hydrazine groups is 1. The number of pyridine rings is 1. The highest BCUT2D eigenvalue weighted by molar-refractivity contribution is 9.10. The van der Waals surface area contributed by atoms with E-state index in [1.165, 1.54) is 17.8 Å². The molecular weight excluding hydrogens is 341 g/mol. The number of rotatable bonds is 6. The van der Waals surface area contributed by atoms with Gasteiger partial charge in [-0.25, -0.2) is 4.39 Å². The third kappa shape index (κ3) is 4.56. The van der Waals surface area contributed by atoms with Gasteiger partial charge in [-0.3, -0.25) is 16.3 Å². The molecule has 1 aromatic carbocycles. The van der Waals surface area contributed by atoms with Gasteiger partial charge in [0.1, 0.15) is 5.82 Å². The maximum absolute atomic E-state index is 13.5. The van der Waals surface area contributed by atoms with Crippen molar-refractivity contribution in [3.05, 3.63) is 58.6 Å². The van der Waals surface area contributed by atoms with Gasteiger partial charge in [0, 0.05) is 33.6 Å². The van der Waals surface area contributed by atoms with Gasteiger partial charge >= 0.3 is 0 Å². The fourth-order valence-electron chi connectivity index (χ4n) is 1.77. The SMILES string of the molecule is NNC(CSc1ccccc1F)Cc1cncc(Br)c1. The number of nitrogens with zero attached hydrogens (tertiary/aromatic N) is 1. The van der Waals surface area contributed by atoms with E-state index in [4.69, 9.17) is 5.84 Å². The molecule has 0 aliphatic rings. The molecule has 1 heterocycles. The second kappa shape index (κ2) is 7.73. The Kier molecular flexibility index (Phi) is 5.97. The van der Waals surface area contributed by atoms with Crippen LogP contribution in [0.1, 0.15) is 5.56 Å². The molecule has 0 bridgehead atoms. The third-order valence-corrected chi connectivity index (χ3v) is 4.40. The normalized spacial score (nSPS) is 12.3. The number of hydrogen-bond donors (Lipinski definition) is 2. The Morgan fingerprint density at radius 2 is 2.15 bits per heavy atom. The topological polar surface area (TPSA) is 50.9 Å². The molecule has 1 aromatic heterocycles. The second-order valence-corrected chi connectivity index (χ2v) is 6.30. The van der Waals surface area contributed by atoms with E-state index in [0.29, 0.717) is 10.6 Å². The third-order valence-electron chi connectivity index (χ3n) is 2.76. The smallest absolute Gasteiger partial charge is 0.136 e. The summed E-state index contributed by atoms with van der Waals surface area (Å²) in [7, 11) is 0. The summed E-state index contributed by atoms with van der Waals surface area (Å²) in [5.74, 6) is 6.06. The average molecular weight is 356 g/mol. The molecule has 106 valence electrons. The molecule has 0 aliphatic carbocycles. The number of thioether (sulfide) groups is 1.